The number of hydrogen-bond donors (Lipinski definition) is 1. The van der Waals surface area contributed by atoms with Gasteiger partial charge in [-0.15, -0.1) is 0 Å². The van der Waals surface area contributed by atoms with Crippen LogP contribution in [0.25, 0.3) is 10.9 Å². The van der Waals surface area contributed by atoms with Crippen molar-refractivity contribution in [2.24, 2.45) is 0 Å². The molecule has 1 aromatic heterocycles. The summed E-state index contributed by atoms with van der Waals surface area (Å²) >= 11 is 0. The highest BCUT2D eigenvalue weighted by atomic mass is 16.5. The van der Waals surface area contributed by atoms with Gasteiger partial charge in [0.15, 0.2) is 6.61 Å². The molecule has 0 bridgehead atoms. The van der Waals surface area contributed by atoms with Gasteiger partial charge in [-0.2, -0.15) is 0 Å². The molecule has 3 aromatic rings. The Morgan fingerprint density at radius 2 is 2.03 bits per heavy atom. The van der Waals surface area contributed by atoms with Crippen molar-refractivity contribution in [2.75, 3.05) is 19.8 Å². The van der Waals surface area contributed by atoms with Crippen molar-refractivity contribution in [3.8, 4) is 5.75 Å². The summed E-state index contributed by atoms with van der Waals surface area (Å²) < 4.78 is 11.6. The van der Waals surface area contributed by atoms with Crippen LogP contribution in [0.5, 0.6) is 5.75 Å². The molecule has 1 unspecified atom stereocenters. The van der Waals surface area contributed by atoms with E-state index in [-0.39, 0.29) is 30.7 Å². The van der Waals surface area contributed by atoms with Crippen LogP contribution in [0.1, 0.15) is 36.2 Å². The minimum Gasteiger partial charge on any atom is -0.484 e. The predicted molar refractivity (Wildman–Crippen MR) is 121 cm³/mol. The van der Waals surface area contributed by atoms with Crippen LogP contribution >= 0.6 is 0 Å². The molecule has 1 amide bonds. The number of ether oxygens (including phenoxy) is 2. The molecule has 1 aliphatic heterocycles. The van der Waals surface area contributed by atoms with Crippen molar-refractivity contribution in [1.29, 1.82) is 0 Å². The third kappa shape index (κ3) is 4.53. The van der Waals surface area contributed by atoms with E-state index in [4.69, 9.17) is 9.47 Å². The molecule has 1 aliphatic carbocycles. The van der Waals surface area contributed by atoms with E-state index in [0.717, 1.165) is 25.7 Å². The SMILES string of the molecule is O=C(COc1ccc2c(c1)CCC2)N(Cc1nc2ccccc2c(=O)[nH]1)CC1CCCO1. The van der Waals surface area contributed by atoms with E-state index in [0.29, 0.717) is 35.6 Å². The third-order valence-electron chi connectivity index (χ3n) is 6.24. The number of nitrogens with one attached hydrogen (secondary N) is 1. The van der Waals surface area contributed by atoms with Crippen molar-refractivity contribution in [2.45, 2.75) is 44.8 Å². The molecule has 0 spiro atoms. The van der Waals surface area contributed by atoms with Crippen LogP contribution in [0, 0.1) is 0 Å². The first-order chi connectivity index (χ1) is 15.7. The molecule has 166 valence electrons. The predicted octanol–water partition coefficient (Wildman–Crippen LogP) is 3.00. The van der Waals surface area contributed by atoms with Crippen molar-refractivity contribution in [1.82, 2.24) is 14.9 Å². The largest absolute Gasteiger partial charge is 0.484 e. The van der Waals surface area contributed by atoms with E-state index in [9.17, 15) is 9.59 Å². The normalized spacial score (nSPS) is 17.4. The second-order valence-electron chi connectivity index (χ2n) is 8.51. The number of aryl methyl sites for hydroxylation is 2. The van der Waals surface area contributed by atoms with Crippen molar-refractivity contribution < 1.29 is 14.3 Å². The number of amides is 1. The van der Waals surface area contributed by atoms with Crippen molar-refractivity contribution >= 4 is 16.8 Å². The van der Waals surface area contributed by atoms with Gasteiger partial charge in [0.25, 0.3) is 11.5 Å². The minimum atomic E-state index is -0.204. The maximum Gasteiger partial charge on any atom is 0.261 e. The lowest BCUT2D eigenvalue weighted by atomic mass is 10.1. The molecule has 32 heavy (non-hydrogen) atoms. The molecule has 1 fully saturated rings. The van der Waals surface area contributed by atoms with E-state index in [2.05, 4.69) is 16.0 Å². The molecule has 2 aliphatic rings. The second-order valence-corrected chi connectivity index (χ2v) is 8.51. The molecule has 0 radical (unpaired) electrons. The Morgan fingerprint density at radius 3 is 2.91 bits per heavy atom. The van der Waals surface area contributed by atoms with Crippen molar-refractivity contribution in [3.63, 3.8) is 0 Å². The number of aromatic nitrogens is 2. The summed E-state index contributed by atoms with van der Waals surface area (Å²) in [5, 5.41) is 0.535. The minimum absolute atomic E-state index is 0.00822. The van der Waals surface area contributed by atoms with E-state index < -0.39 is 0 Å². The molecule has 2 aromatic carbocycles. The van der Waals surface area contributed by atoms with Crippen LogP contribution in [0.15, 0.2) is 47.3 Å². The number of rotatable bonds is 7. The first-order valence-electron chi connectivity index (χ1n) is 11.3. The lowest BCUT2D eigenvalue weighted by Gasteiger charge is -2.25. The zero-order valence-corrected chi connectivity index (χ0v) is 18.0. The van der Waals surface area contributed by atoms with E-state index in [1.807, 2.05) is 24.3 Å². The van der Waals surface area contributed by atoms with Crippen LogP contribution in [-0.4, -0.2) is 46.6 Å². The van der Waals surface area contributed by atoms with Gasteiger partial charge in [-0.25, -0.2) is 4.98 Å². The standard InChI is InChI=1S/C25H27N3O4/c29-24(16-32-19-11-10-17-5-3-6-18(17)13-19)28(14-20-7-4-12-31-20)15-23-26-22-9-2-1-8-21(22)25(30)27-23/h1-2,8-11,13,20H,3-7,12,14-16H2,(H,26,27,30). The molecule has 7 nitrogen and oxygen atoms in total. The van der Waals surface area contributed by atoms with Crippen LogP contribution in [0.3, 0.4) is 0 Å². The fourth-order valence-electron chi connectivity index (χ4n) is 4.55. The molecule has 1 saturated heterocycles. The number of aromatic amines is 1. The van der Waals surface area contributed by atoms with Gasteiger partial charge >= 0.3 is 0 Å². The molecule has 1 N–H and O–H groups in total. The highest BCUT2D eigenvalue weighted by Gasteiger charge is 2.24. The Morgan fingerprint density at radius 1 is 1.16 bits per heavy atom. The fraction of sp³-hybridized carbons (Fsp3) is 0.400. The smallest absolute Gasteiger partial charge is 0.261 e. The van der Waals surface area contributed by atoms with Gasteiger partial charge in [-0.1, -0.05) is 18.2 Å². The molecule has 5 rings (SSSR count). The summed E-state index contributed by atoms with van der Waals surface area (Å²) in [6.07, 6.45) is 5.24. The lowest BCUT2D eigenvalue weighted by molar-refractivity contribution is -0.135. The average molecular weight is 434 g/mol. The van der Waals surface area contributed by atoms with Gasteiger partial charge in [0, 0.05) is 13.2 Å². The average Bonchev–Trinajstić information content (AvgIpc) is 3.48. The maximum atomic E-state index is 13.1. The van der Waals surface area contributed by atoms with Crippen LogP contribution in [-0.2, 0) is 28.9 Å². The molecule has 7 heteroatoms. The third-order valence-corrected chi connectivity index (χ3v) is 6.24. The van der Waals surface area contributed by atoms with Gasteiger partial charge in [-0.05, 0) is 67.5 Å². The second kappa shape index (κ2) is 9.12. The number of fused-ring (bicyclic) bond motifs is 2. The van der Waals surface area contributed by atoms with Crippen LogP contribution in [0.4, 0.5) is 0 Å². The van der Waals surface area contributed by atoms with Gasteiger partial charge in [0.2, 0.25) is 0 Å². The monoisotopic (exact) mass is 433 g/mol. The van der Waals surface area contributed by atoms with Gasteiger partial charge in [0.1, 0.15) is 11.6 Å². The summed E-state index contributed by atoms with van der Waals surface area (Å²) in [6, 6.07) is 13.3. The molecular formula is C25H27N3O4. The Hall–Kier alpha value is -3.19. The quantitative estimate of drug-likeness (QED) is 0.619. The Balaban J connectivity index is 1.32. The number of H-pyrrole nitrogens is 1. The van der Waals surface area contributed by atoms with Crippen molar-refractivity contribution in [3.05, 3.63) is 69.8 Å². The summed E-state index contributed by atoms with van der Waals surface area (Å²) in [5.41, 5.74) is 3.09. The van der Waals surface area contributed by atoms with Crippen LogP contribution in [0.2, 0.25) is 0 Å². The molecular weight excluding hydrogens is 406 g/mol. The summed E-state index contributed by atoms with van der Waals surface area (Å²) in [6.45, 7) is 1.29. The first kappa shape index (κ1) is 20.7. The highest BCUT2D eigenvalue weighted by molar-refractivity contribution is 5.78. The maximum absolute atomic E-state index is 13.1. The molecule has 2 heterocycles. The van der Waals surface area contributed by atoms with Gasteiger partial charge in [0.05, 0.1) is 23.6 Å². The summed E-state index contributed by atoms with van der Waals surface area (Å²) in [4.78, 5) is 34.6. The topological polar surface area (TPSA) is 84.5 Å². The molecule has 1 atom stereocenters. The fourth-order valence-corrected chi connectivity index (χ4v) is 4.55. The van der Waals surface area contributed by atoms with E-state index >= 15 is 0 Å². The Bertz CT molecular complexity index is 1180. The van der Waals surface area contributed by atoms with E-state index in [1.54, 1.807) is 17.0 Å². The lowest BCUT2D eigenvalue weighted by Crippen LogP contribution is -2.40. The number of para-hydroxylation sites is 1. The number of benzene rings is 2. The zero-order chi connectivity index (χ0) is 21.9. The zero-order valence-electron chi connectivity index (χ0n) is 18.0. The first-order valence-corrected chi connectivity index (χ1v) is 11.3. The Labute approximate surface area is 186 Å². The summed E-state index contributed by atoms with van der Waals surface area (Å²) in [7, 11) is 0. The number of carbonyl (C=O) groups excluding carboxylic acids is 1. The Kier molecular flexibility index (Phi) is 5.90. The van der Waals surface area contributed by atoms with Gasteiger partial charge < -0.3 is 19.4 Å². The van der Waals surface area contributed by atoms with Gasteiger partial charge in [-0.3, -0.25) is 9.59 Å². The number of carbonyl (C=O) groups is 1. The number of nitrogens with zero attached hydrogens (tertiary/aromatic N) is 2. The summed E-state index contributed by atoms with van der Waals surface area (Å²) in [5.74, 6) is 1.02. The van der Waals surface area contributed by atoms with E-state index in [1.165, 1.54) is 17.5 Å². The molecule has 0 saturated carbocycles. The van der Waals surface area contributed by atoms with Crippen LogP contribution < -0.4 is 10.3 Å². The number of hydrogen-bond acceptors (Lipinski definition) is 5. The highest BCUT2D eigenvalue weighted by Crippen LogP contribution is 2.26.